The molecule has 2 atom stereocenters. The molecule has 116 valence electrons. The lowest BCUT2D eigenvalue weighted by Crippen LogP contribution is -2.42. The molecule has 1 aliphatic carbocycles. The van der Waals surface area contributed by atoms with Gasteiger partial charge >= 0.3 is 0 Å². The molecule has 0 amide bonds. The Balaban J connectivity index is 1.43. The molecule has 0 bridgehead atoms. The summed E-state index contributed by atoms with van der Waals surface area (Å²) >= 11 is 0. The molecule has 3 heteroatoms. The molecule has 0 aromatic carbocycles. The van der Waals surface area contributed by atoms with Gasteiger partial charge in [0, 0.05) is 6.54 Å². The van der Waals surface area contributed by atoms with Crippen molar-refractivity contribution in [2.75, 3.05) is 19.6 Å². The third kappa shape index (κ3) is 3.37. The summed E-state index contributed by atoms with van der Waals surface area (Å²) in [5, 5.41) is 9.67. The first kappa shape index (κ1) is 14.8. The Bertz CT molecular complexity index is 304. The molecule has 0 radical (unpaired) electrons. The van der Waals surface area contributed by atoms with Crippen molar-refractivity contribution in [1.29, 1.82) is 0 Å². The van der Waals surface area contributed by atoms with E-state index in [-0.39, 0.29) is 11.7 Å². The lowest BCUT2D eigenvalue weighted by Gasteiger charge is -2.36. The second kappa shape index (κ2) is 6.33. The highest BCUT2D eigenvalue weighted by atomic mass is 16.5. The molecule has 3 nitrogen and oxygen atoms in total. The molecule has 2 saturated heterocycles. The van der Waals surface area contributed by atoms with E-state index in [1.54, 1.807) is 0 Å². The molecule has 2 heterocycles. The summed E-state index contributed by atoms with van der Waals surface area (Å²) in [5.41, 5.74) is 0.265. The predicted octanol–water partition coefficient (Wildman–Crippen LogP) is 2.96. The minimum atomic E-state index is -0.134. The van der Waals surface area contributed by atoms with Gasteiger partial charge in [-0.05, 0) is 64.5 Å². The maximum Gasteiger partial charge on any atom is 0.0710 e. The Morgan fingerprint density at radius 2 is 1.80 bits per heavy atom. The zero-order valence-corrected chi connectivity index (χ0v) is 13.0. The van der Waals surface area contributed by atoms with Gasteiger partial charge in [0.15, 0.2) is 0 Å². The topological polar surface area (TPSA) is 32.7 Å². The zero-order valence-electron chi connectivity index (χ0n) is 13.0. The van der Waals surface area contributed by atoms with Gasteiger partial charge in [-0.3, -0.25) is 0 Å². The van der Waals surface area contributed by atoms with Gasteiger partial charge in [0.2, 0.25) is 0 Å². The first-order chi connectivity index (χ1) is 9.67. The van der Waals surface area contributed by atoms with Crippen LogP contribution in [-0.2, 0) is 4.74 Å². The monoisotopic (exact) mass is 281 g/mol. The van der Waals surface area contributed by atoms with Crippen molar-refractivity contribution in [2.24, 2.45) is 5.92 Å². The Morgan fingerprint density at radius 1 is 1.10 bits per heavy atom. The van der Waals surface area contributed by atoms with Crippen molar-refractivity contribution in [2.45, 2.75) is 82.5 Å². The normalized spacial score (nSPS) is 33.6. The minimum Gasteiger partial charge on any atom is -0.393 e. The van der Waals surface area contributed by atoms with E-state index in [1.165, 1.54) is 44.9 Å². The number of aliphatic hydroxyl groups excluding tert-OH is 1. The van der Waals surface area contributed by atoms with Gasteiger partial charge in [-0.25, -0.2) is 0 Å². The highest BCUT2D eigenvalue weighted by Crippen LogP contribution is 2.42. The molecular formula is C17H31NO2. The molecule has 2 aliphatic heterocycles. The number of piperidine rings is 1. The number of nitrogens with zero attached hydrogens (tertiary/aromatic N) is 1. The van der Waals surface area contributed by atoms with Crippen LogP contribution in [0.2, 0.25) is 0 Å². The quantitative estimate of drug-likeness (QED) is 0.863. The molecule has 1 spiro atoms. The summed E-state index contributed by atoms with van der Waals surface area (Å²) in [6.07, 6.45) is 11.9. The van der Waals surface area contributed by atoms with Crippen molar-refractivity contribution in [1.82, 2.24) is 4.90 Å². The fraction of sp³-hybridized carbons (Fsp3) is 1.00. The van der Waals surface area contributed by atoms with E-state index in [0.29, 0.717) is 12.0 Å². The molecule has 0 aromatic rings. The van der Waals surface area contributed by atoms with Crippen LogP contribution < -0.4 is 0 Å². The molecular weight excluding hydrogens is 250 g/mol. The zero-order chi connectivity index (χ0) is 14.0. The van der Waals surface area contributed by atoms with Crippen LogP contribution in [0.5, 0.6) is 0 Å². The van der Waals surface area contributed by atoms with Crippen LogP contribution in [0.15, 0.2) is 0 Å². The van der Waals surface area contributed by atoms with E-state index in [4.69, 9.17) is 4.74 Å². The molecule has 1 N–H and O–H groups in total. The number of hydrogen-bond donors (Lipinski definition) is 1. The first-order valence-corrected chi connectivity index (χ1v) is 8.75. The molecule has 20 heavy (non-hydrogen) atoms. The summed E-state index contributed by atoms with van der Waals surface area (Å²) < 4.78 is 6.48. The van der Waals surface area contributed by atoms with Crippen LogP contribution in [0, 0.1) is 5.92 Å². The van der Waals surface area contributed by atoms with Crippen molar-refractivity contribution < 1.29 is 9.84 Å². The van der Waals surface area contributed by atoms with E-state index >= 15 is 0 Å². The van der Waals surface area contributed by atoms with Gasteiger partial charge in [-0.15, -0.1) is 0 Å². The SMILES string of the molecule is C[C@@H](O)C1CCN(C[C@@H]2CCC3(CCCCC3)O2)CC1. The van der Waals surface area contributed by atoms with Crippen LogP contribution in [0.3, 0.4) is 0 Å². The van der Waals surface area contributed by atoms with Crippen LogP contribution in [0.4, 0.5) is 0 Å². The summed E-state index contributed by atoms with van der Waals surface area (Å²) in [7, 11) is 0. The van der Waals surface area contributed by atoms with Crippen molar-refractivity contribution in [3.05, 3.63) is 0 Å². The third-order valence-corrected chi connectivity index (χ3v) is 5.88. The van der Waals surface area contributed by atoms with Gasteiger partial charge in [0.1, 0.15) is 0 Å². The largest absolute Gasteiger partial charge is 0.393 e. The van der Waals surface area contributed by atoms with Crippen LogP contribution in [-0.4, -0.2) is 47.4 Å². The van der Waals surface area contributed by atoms with E-state index in [2.05, 4.69) is 4.90 Å². The maximum absolute atomic E-state index is 9.67. The average Bonchev–Trinajstić information content (AvgIpc) is 2.83. The molecule has 0 unspecified atom stereocenters. The van der Waals surface area contributed by atoms with Crippen LogP contribution in [0.25, 0.3) is 0 Å². The minimum absolute atomic E-state index is 0.134. The summed E-state index contributed by atoms with van der Waals surface area (Å²) in [4.78, 5) is 2.56. The first-order valence-electron chi connectivity index (χ1n) is 8.75. The molecule has 1 saturated carbocycles. The van der Waals surface area contributed by atoms with Gasteiger partial charge in [0.25, 0.3) is 0 Å². The molecule has 0 aromatic heterocycles. The summed E-state index contributed by atoms with van der Waals surface area (Å²) in [6.45, 7) is 5.34. The fourth-order valence-corrected chi connectivity index (χ4v) is 4.49. The van der Waals surface area contributed by atoms with E-state index in [9.17, 15) is 5.11 Å². The summed E-state index contributed by atoms with van der Waals surface area (Å²) in [6, 6.07) is 0. The number of aliphatic hydroxyl groups is 1. The summed E-state index contributed by atoms with van der Waals surface area (Å²) in [5.74, 6) is 0.514. The lowest BCUT2D eigenvalue weighted by molar-refractivity contribution is -0.0746. The predicted molar refractivity (Wildman–Crippen MR) is 80.8 cm³/mol. The smallest absolute Gasteiger partial charge is 0.0710 e. The van der Waals surface area contributed by atoms with Crippen molar-refractivity contribution in [3.8, 4) is 0 Å². The Kier molecular flexibility index (Phi) is 4.68. The molecule has 3 rings (SSSR count). The average molecular weight is 281 g/mol. The van der Waals surface area contributed by atoms with Gasteiger partial charge in [0.05, 0.1) is 17.8 Å². The molecule has 3 aliphatic rings. The van der Waals surface area contributed by atoms with Gasteiger partial charge in [-0.2, -0.15) is 0 Å². The van der Waals surface area contributed by atoms with Gasteiger partial charge in [-0.1, -0.05) is 19.3 Å². The van der Waals surface area contributed by atoms with Crippen LogP contribution in [0.1, 0.15) is 64.7 Å². The second-order valence-electron chi connectivity index (χ2n) is 7.40. The van der Waals surface area contributed by atoms with Crippen LogP contribution >= 0.6 is 0 Å². The van der Waals surface area contributed by atoms with Gasteiger partial charge < -0.3 is 14.7 Å². The number of hydrogen-bond acceptors (Lipinski definition) is 3. The van der Waals surface area contributed by atoms with Crippen molar-refractivity contribution >= 4 is 0 Å². The number of rotatable bonds is 3. The highest BCUT2D eigenvalue weighted by molar-refractivity contribution is 4.92. The Morgan fingerprint density at radius 3 is 2.45 bits per heavy atom. The van der Waals surface area contributed by atoms with E-state index < -0.39 is 0 Å². The lowest BCUT2D eigenvalue weighted by atomic mass is 9.83. The second-order valence-corrected chi connectivity index (χ2v) is 7.40. The highest BCUT2D eigenvalue weighted by Gasteiger charge is 2.41. The van der Waals surface area contributed by atoms with Crippen molar-refractivity contribution in [3.63, 3.8) is 0 Å². The standard InChI is InChI=1S/C17H31NO2/c1-14(19)15-6-11-18(12-7-15)13-16-5-10-17(20-16)8-3-2-4-9-17/h14-16,19H,2-13H2,1H3/t14-,16+/m1/s1. The maximum atomic E-state index is 9.67. The molecule has 3 fully saturated rings. The fourth-order valence-electron chi connectivity index (χ4n) is 4.49. The number of ether oxygens (including phenoxy) is 1. The van der Waals surface area contributed by atoms with E-state index in [1.807, 2.05) is 6.92 Å². The Hall–Kier alpha value is -0.120. The van der Waals surface area contributed by atoms with E-state index in [0.717, 1.165) is 32.5 Å². The number of likely N-dealkylation sites (tertiary alicyclic amines) is 1. The third-order valence-electron chi connectivity index (χ3n) is 5.88. The Labute approximate surface area is 123 Å².